The van der Waals surface area contributed by atoms with Crippen molar-refractivity contribution < 1.29 is 28.8 Å². The molecule has 0 amide bonds. The van der Waals surface area contributed by atoms with Gasteiger partial charge in [-0.05, 0) is 212 Å². The van der Waals surface area contributed by atoms with E-state index < -0.39 is 0 Å². The van der Waals surface area contributed by atoms with Gasteiger partial charge in [0, 0.05) is 61.2 Å². The molecule has 0 aromatic rings. The van der Waals surface area contributed by atoms with E-state index in [2.05, 4.69) is 82.7 Å². The Bertz CT molecular complexity index is 2370. The number of rotatable bonds is 0. The Morgan fingerprint density at radius 2 is 0.907 bits per heavy atom. The third-order valence-corrected chi connectivity index (χ3v) is 25.2. The summed E-state index contributed by atoms with van der Waals surface area (Å²) in [5, 5.41) is 0. The van der Waals surface area contributed by atoms with Crippen LogP contribution in [0.25, 0.3) is 0 Å². The summed E-state index contributed by atoms with van der Waals surface area (Å²) < 4.78 is 0. The number of ketones is 6. The fourth-order valence-electron chi connectivity index (χ4n) is 23.1. The van der Waals surface area contributed by atoms with E-state index in [1.165, 1.54) is 83.5 Å². The molecule has 0 spiro atoms. The summed E-state index contributed by atoms with van der Waals surface area (Å²) in [5.41, 5.74) is 0.500. The highest BCUT2D eigenvalue weighted by atomic mass is 16.2. The van der Waals surface area contributed by atoms with Crippen LogP contribution >= 0.6 is 0 Å². The second-order valence-corrected chi connectivity index (χ2v) is 30.1. The van der Waals surface area contributed by atoms with Gasteiger partial charge in [0.1, 0.15) is 23.1 Å². The van der Waals surface area contributed by atoms with Crippen LogP contribution in [-0.2, 0) is 28.8 Å². The number of hydrogen-bond donors (Lipinski definition) is 0. The van der Waals surface area contributed by atoms with Gasteiger partial charge in [0.25, 0.3) is 0 Å². The Hall–Kier alpha value is -3.28. The number of carbonyl (C=O) groups is 6. The molecule has 0 saturated heterocycles. The molecule has 6 heteroatoms. The molecule has 20 unspecified atom stereocenters. The third-order valence-electron chi connectivity index (χ3n) is 25.2. The van der Waals surface area contributed by atoms with Crippen LogP contribution in [0.15, 0.2) is 60.8 Å². The Morgan fingerprint density at radius 3 is 1.45 bits per heavy atom. The predicted octanol–water partition coefficient (Wildman–Crippen LogP) is 13.6. The zero-order chi connectivity index (χ0) is 50.6. The summed E-state index contributed by atoms with van der Waals surface area (Å²) in [5.74, 6) is 20.6. The van der Waals surface area contributed by atoms with E-state index in [1.54, 1.807) is 12.2 Å². The van der Waals surface area contributed by atoms with Crippen LogP contribution in [0.1, 0.15) is 151 Å². The van der Waals surface area contributed by atoms with Gasteiger partial charge in [0.05, 0.1) is 0 Å². The normalized spacial score (nSPS) is 52.4. The monoisotopic (exact) mass is 1020 g/mol. The average Bonchev–Trinajstić information content (AvgIpc) is 4.29. The van der Waals surface area contributed by atoms with E-state index in [4.69, 9.17) is 0 Å². The number of fused-ring (bicyclic) bond motifs is 13. The van der Waals surface area contributed by atoms with E-state index in [0.29, 0.717) is 112 Å². The van der Waals surface area contributed by atoms with Crippen molar-refractivity contribution in [2.24, 2.45) is 171 Å². The summed E-state index contributed by atoms with van der Waals surface area (Å²) in [4.78, 5) is 70.5. The molecule has 4 bridgehead atoms. The number of carbonyl (C=O) groups excluding carboxylic acids is 6. The molecule has 0 aromatic carbocycles. The molecule has 0 radical (unpaired) electrons. The number of hydrogen-bond acceptors (Lipinski definition) is 6. The van der Waals surface area contributed by atoms with Crippen molar-refractivity contribution in [3.8, 4) is 0 Å². The molecule has 28 atom stereocenters. The predicted molar refractivity (Wildman–Crippen MR) is 293 cm³/mol. The lowest BCUT2D eigenvalue weighted by atomic mass is 9.39. The first kappa shape index (κ1) is 51.2. The second-order valence-electron chi connectivity index (χ2n) is 30.1. The van der Waals surface area contributed by atoms with Crippen LogP contribution < -0.4 is 0 Å². The maximum Gasteiger partial charge on any atom is 0.155 e. The first-order chi connectivity index (χ1) is 35.7. The first-order valence-electron chi connectivity index (χ1n) is 31.1. The van der Waals surface area contributed by atoms with E-state index in [-0.39, 0.29) is 54.5 Å². The summed E-state index contributed by atoms with van der Waals surface area (Å²) in [7, 11) is 0. The van der Waals surface area contributed by atoms with Crippen LogP contribution in [0.2, 0.25) is 0 Å². The van der Waals surface area contributed by atoms with Crippen LogP contribution in [0, 0.1) is 178 Å². The van der Waals surface area contributed by atoms with Crippen molar-refractivity contribution in [1.29, 1.82) is 0 Å². The van der Waals surface area contributed by atoms with Gasteiger partial charge in [-0.3, -0.25) is 28.8 Å². The molecule has 0 N–H and O–H groups in total. The molecular formula is C69H91O6-. The van der Waals surface area contributed by atoms with Crippen LogP contribution in [0.5, 0.6) is 0 Å². The van der Waals surface area contributed by atoms with Gasteiger partial charge in [-0.1, -0.05) is 96.1 Å². The van der Waals surface area contributed by atoms with Crippen LogP contribution in [0.4, 0.5) is 0 Å². The highest BCUT2D eigenvalue weighted by Crippen LogP contribution is 2.80. The minimum absolute atomic E-state index is 0. The molecular weight excluding hydrogens is 925 g/mol. The molecule has 19 rings (SSSR count). The van der Waals surface area contributed by atoms with E-state index >= 15 is 0 Å². The third kappa shape index (κ3) is 8.13. The van der Waals surface area contributed by atoms with Crippen molar-refractivity contribution in [2.45, 2.75) is 151 Å². The maximum atomic E-state index is 12.0. The summed E-state index contributed by atoms with van der Waals surface area (Å²) in [6.45, 7) is 8.75. The molecule has 0 aromatic heterocycles. The molecule has 0 aliphatic heterocycles. The van der Waals surface area contributed by atoms with Crippen molar-refractivity contribution in [2.75, 3.05) is 0 Å². The molecule has 19 aliphatic rings. The lowest BCUT2D eigenvalue weighted by Gasteiger charge is -2.62. The van der Waals surface area contributed by atoms with Crippen LogP contribution in [-0.4, -0.2) is 34.7 Å². The number of allylic oxidation sites excluding steroid dienone is 10. The van der Waals surface area contributed by atoms with Crippen molar-refractivity contribution >= 4 is 34.7 Å². The Balaban J connectivity index is 0.0000000879. The highest BCUT2D eigenvalue weighted by molar-refractivity contribution is 6.06. The Labute approximate surface area is 450 Å². The van der Waals surface area contributed by atoms with Gasteiger partial charge in [0.2, 0.25) is 0 Å². The molecule has 19 aliphatic carbocycles. The van der Waals surface area contributed by atoms with Gasteiger partial charge < -0.3 is 6.42 Å². The molecule has 6 nitrogen and oxygen atoms in total. The fraction of sp³-hybridized carbons (Fsp3) is 0.754. The lowest BCUT2D eigenvalue weighted by Crippen LogP contribution is -2.65. The van der Waals surface area contributed by atoms with Gasteiger partial charge in [-0.25, -0.2) is 0 Å². The maximum absolute atomic E-state index is 12.0. The highest BCUT2D eigenvalue weighted by Gasteiger charge is 2.84. The zero-order valence-corrected chi connectivity index (χ0v) is 45.2. The topological polar surface area (TPSA) is 102 Å². The molecule has 14 saturated carbocycles. The summed E-state index contributed by atoms with van der Waals surface area (Å²) in [6.07, 6.45) is 47.2. The van der Waals surface area contributed by atoms with Gasteiger partial charge in [-0.2, -0.15) is 12.8 Å². The smallest absolute Gasteiger partial charge is 0.155 e. The minimum atomic E-state index is 0. The summed E-state index contributed by atoms with van der Waals surface area (Å²) >= 11 is 0. The fourth-order valence-corrected chi connectivity index (χ4v) is 23.1. The van der Waals surface area contributed by atoms with E-state index in [1.807, 2.05) is 0 Å². The zero-order valence-electron chi connectivity index (χ0n) is 45.2. The largest absolute Gasteiger partial charge is 0.328 e. The molecule has 75 heavy (non-hydrogen) atoms. The van der Waals surface area contributed by atoms with Crippen molar-refractivity contribution in [1.82, 2.24) is 0 Å². The van der Waals surface area contributed by atoms with Gasteiger partial charge in [0.15, 0.2) is 11.6 Å². The number of Topliss-reactive ketones (excluding diaryl/α,β-unsaturated/α-hetero) is 4. The quantitative estimate of drug-likeness (QED) is 0.177. The Morgan fingerprint density at radius 1 is 0.427 bits per heavy atom. The van der Waals surface area contributed by atoms with Crippen LogP contribution in [0.3, 0.4) is 0 Å². The molecule has 14 fully saturated rings. The van der Waals surface area contributed by atoms with E-state index in [0.717, 1.165) is 78.4 Å². The van der Waals surface area contributed by atoms with Crippen molar-refractivity contribution in [3.05, 3.63) is 67.2 Å². The first-order valence-corrected chi connectivity index (χ1v) is 31.1. The molecule has 0 heterocycles. The SMILES string of the molecule is C.C1=CC2C(CC1)CC1CC=CCC12.C1=C[C@@H]2[C@H](CC1)C[C@@H]1C[CH-]CC[C@@H]12.CC(C)(C)C.O=C1C2C3CC4C2C(=O)C2C1C3C42.O=C1C=C[C@H]2C[C@H]3C=CC(=O)C[C@H]3[C@H]2C1.O=C1CC2C3CC(=O)C4C1C1C2CC3C41. The average molecular weight is 1020 g/mol. The van der Waals surface area contributed by atoms with E-state index in [9.17, 15) is 28.8 Å². The standard InChI is InChI=1S/2C13H14O2.C13H19.C13H18.C11H10O2.C5H12.CH4/c14-8-2-4-5-3-9(15)13-11-7(5)1-6(4)10(11)12(8)13;14-10-3-1-8-5-9-2-4-11(15)7-13(9)12(8)6-10;2*1-3-7-12-10(5-1)9-11-6-2-4-8-13(11)12;12-10-6-2-1-3-5-4(2)8(10)9(5)11(13)7(3)6;1-5(2,3)4;/h4-7,10-13H,1-3H2;1-4,8-9,12-13H,5-7H2;1,4,8,10-13H,2-3,5-7,9H2;1,3-4,8,10-13H,2,5-7,9H2;2-9H,1H2;1-4H3;1H4/q;;-1;;;;/t;8-,9+,12-,13+;10-,11+,12-,13+;;;;/m..0..../s1. The lowest BCUT2D eigenvalue weighted by molar-refractivity contribution is -0.186. The minimum Gasteiger partial charge on any atom is -0.328 e. The molecule has 404 valence electrons. The van der Waals surface area contributed by atoms with Gasteiger partial charge >= 0.3 is 0 Å². The van der Waals surface area contributed by atoms with Gasteiger partial charge in [-0.15, -0.1) is 0 Å². The summed E-state index contributed by atoms with van der Waals surface area (Å²) in [6, 6.07) is 0. The van der Waals surface area contributed by atoms with Crippen molar-refractivity contribution in [3.63, 3.8) is 0 Å². The Kier molecular flexibility index (Phi) is 13.1. The second kappa shape index (κ2) is 19.2.